The van der Waals surface area contributed by atoms with Crippen molar-refractivity contribution in [2.24, 2.45) is 0 Å². The van der Waals surface area contributed by atoms with Crippen LogP contribution in [0.1, 0.15) is 0 Å². The van der Waals surface area contributed by atoms with Crippen molar-refractivity contribution in [3.8, 4) is 11.4 Å². The van der Waals surface area contributed by atoms with Gasteiger partial charge in [-0.25, -0.2) is 0 Å². The van der Waals surface area contributed by atoms with Gasteiger partial charge in [-0.15, -0.1) is 22.7 Å². The Morgan fingerprint density at radius 1 is 0.378 bits per heavy atom. The van der Waals surface area contributed by atoms with Gasteiger partial charge in [-0.1, -0.05) is 103 Å². The summed E-state index contributed by atoms with van der Waals surface area (Å²) in [5, 5.41) is 5.35. The molecular weight excluding hydrogens is 699 g/mol. The third kappa shape index (κ3) is 4.26. The predicted octanol–water partition coefficient (Wildman–Crippen LogP) is 12.6. The Bertz CT molecular complexity index is 2650. The topological polar surface area (TPSA) is 9.86 Å². The lowest BCUT2D eigenvalue weighted by molar-refractivity contribution is 1.19. The Morgan fingerprint density at radius 3 is 1.47 bits per heavy atom. The molecule has 0 N–H and O–H groups in total. The summed E-state index contributed by atoms with van der Waals surface area (Å²) in [6.45, 7) is 0. The molecule has 0 unspecified atom stereocenters. The Morgan fingerprint density at radius 2 is 0.844 bits per heavy atom. The quantitative estimate of drug-likeness (QED) is 0.157. The Labute approximate surface area is 281 Å². The minimum Gasteiger partial charge on any atom is -0.308 e. The van der Waals surface area contributed by atoms with Crippen LogP contribution >= 0.6 is 45.3 Å². The molecule has 0 radical (unpaired) electrons. The highest BCUT2D eigenvalue weighted by atomic mass is 127. The zero-order valence-electron chi connectivity index (χ0n) is 24.0. The van der Waals surface area contributed by atoms with Crippen LogP contribution in [0.5, 0.6) is 0 Å². The van der Waals surface area contributed by atoms with E-state index in [9.17, 15) is 0 Å². The molecule has 0 spiro atoms. The number of thiophene rings is 2. The van der Waals surface area contributed by atoms with Gasteiger partial charge in [0.05, 0.1) is 36.2 Å². The molecule has 0 saturated heterocycles. The van der Waals surface area contributed by atoms with Gasteiger partial charge < -0.3 is 9.13 Å². The van der Waals surface area contributed by atoms with E-state index in [1.165, 1.54) is 77.4 Å². The molecule has 6 aromatic carbocycles. The number of nitrogens with zero attached hydrogens (tertiary/aromatic N) is 2. The molecule has 214 valence electrons. The number of benzene rings is 6. The fourth-order valence-electron chi connectivity index (χ4n) is 6.57. The summed E-state index contributed by atoms with van der Waals surface area (Å²) in [6.07, 6.45) is 0. The first kappa shape index (κ1) is 26.9. The van der Waals surface area contributed by atoms with Crippen molar-refractivity contribution in [2.45, 2.75) is 0 Å². The third-order valence-electron chi connectivity index (χ3n) is 8.47. The zero-order valence-corrected chi connectivity index (χ0v) is 27.8. The molecular formula is C40H25IN2S2. The summed E-state index contributed by atoms with van der Waals surface area (Å²) < 4.78 is 11.6. The van der Waals surface area contributed by atoms with Crippen LogP contribution in [0.4, 0.5) is 0 Å². The monoisotopic (exact) mass is 724 g/mol. The second-order valence-corrected chi connectivity index (χ2v) is 14.3. The summed E-state index contributed by atoms with van der Waals surface area (Å²) in [4.78, 5) is 0. The van der Waals surface area contributed by atoms with Crippen molar-refractivity contribution in [3.63, 3.8) is 0 Å². The molecule has 4 heterocycles. The van der Waals surface area contributed by atoms with Crippen LogP contribution in [0.3, 0.4) is 0 Å². The van der Waals surface area contributed by atoms with Gasteiger partial charge in [0, 0.05) is 41.2 Å². The van der Waals surface area contributed by atoms with Crippen molar-refractivity contribution >= 4 is 108 Å². The van der Waals surface area contributed by atoms with E-state index in [2.05, 4.69) is 183 Å². The van der Waals surface area contributed by atoms with Crippen LogP contribution < -0.4 is 0 Å². The molecule has 5 heteroatoms. The molecule has 0 aliphatic carbocycles. The van der Waals surface area contributed by atoms with Gasteiger partial charge >= 0.3 is 0 Å². The fraction of sp³-hybridized carbons (Fsp3) is 0. The van der Waals surface area contributed by atoms with E-state index in [1.54, 1.807) is 0 Å². The molecule has 0 aliphatic rings. The Kier molecular flexibility index (Phi) is 6.51. The van der Waals surface area contributed by atoms with Gasteiger partial charge in [-0.3, -0.25) is 0 Å². The van der Waals surface area contributed by atoms with Crippen LogP contribution in [0.25, 0.3) is 73.8 Å². The fourth-order valence-corrected chi connectivity index (χ4v) is 9.84. The minimum atomic E-state index is 1.22. The molecule has 4 aromatic heterocycles. The normalized spacial score (nSPS) is 11.7. The maximum Gasteiger partial charge on any atom is 0.0728 e. The second kappa shape index (κ2) is 10.9. The molecule has 10 aromatic rings. The van der Waals surface area contributed by atoms with Gasteiger partial charge in [0.25, 0.3) is 0 Å². The molecule has 2 nitrogen and oxygen atoms in total. The van der Waals surface area contributed by atoms with Crippen molar-refractivity contribution in [1.82, 2.24) is 9.13 Å². The van der Waals surface area contributed by atoms with Gasteiger partial charge in [-0.05, 0) is 71.1 Å². The lowest BCUT2D eigenvalue weighted by Gasteiger charge is -2.07. The minimum absolute atomic E-state index is 1.22. The SMILES string of the molecule is Ic1cccc2c1sc1c3ccccc3n(-c3ccccc3)c21.c1ccc(-n2c3ccccc3c3sc4ccccc4c32)cc1. The highest BCUT2D eigenvalue weighted by Crippen LogP contribution is 2.44. The van der Waals surface area contributed by atoms with Gasteiger partial charge in [-0.2, -0.15) is 0 Å². The largest absolute Gasteiger partial charge is 0.308 e. The van der Waals surface area contributed by atoms with Gasteiger partial charge in [0.2, 0.25) is 0 Å². The van der Waals surface area contributed by atoms with Crippen molar-refractivity contribution < 1.29 is 0 Å². The summed E-state index contributed by atoms with van der Waals surface area (Å²) >= 11 is 6.23. The van der Waals surface area contributed by atoms with E-state index in [-0.39, 0.29) is 0 Å². The molecule has 0 aliphatic heterocycles. The zero-order chi connectivity index (χ0) is 29.9. The van der Waals surface area contributed by atoms with Crippen molar-refractivity contribution in [2.75, 3.05) is 0 Å². The first-order valence-corrected chi connectivity index (χ1v) is 17.6. The third-order valence-corrected chi connectivity index (χ3v) is 12.2. The summed E-state index contributed by atoms with van der Waals surface area (Å²) in [5.74, 6) is 0. The van der Waals surface area contributed by atoms with E-state index in [0.29, 0.717) is 0 Å². The van der Waals surface area contributed by atoms with Crippen LogP contribution in [0.2, 0.25) is 0 Å². The lowest BCUT2D eigenvalue weighted by atomic mass is 10.2. The highest BCUT2D eigenvalue weighted by molar-refractivity contribution is 14.1. The average molecular weight is 725 g/mol. The summed E-state index contributed by atoms with van der Waals surface area (Å²) in [7, 11) is 0. The van der Waals surface area contributed by atoms with Crippen LogP contribution in [0.15, 0.2) is 152 Å². The number of hydrogen-bond acceptors (Lipinski definition) is 2. The van der Waals surface area contributed by atoms with Crippen molar-refractivity contribution in [1.29, 1.82) is 0 Å². The van der Waals surface area contributed by atoms with Crippen LogP contribution in [-0.4, -0.2) is 9.13 Å². The van der Waals surface area contributed by atoms with E-state index < -0.39 is 0 Å². The summed E-state index contributed by atoms with van der Waals surface area (Å²) in [6, 6.07) is 53.9. The number of halogens is 1. The second-order valence-electron chi connectivity index (χ2n) is 11.0. The van der Waals surface area contributed by atoms with E-state index >= 15 is 0 Å². The van der Waals surface area contributed by atoms with Gasteiger partial charge in [0.1, 0.15) is 0 Å². The number of fused-ring (bicyclic) bond motifs is 10. The first-order chi connectivity index (χ1) is 22.3. The number of rotatable bonds is 2. The maximum absolute atomic E-state index is 2.44. The maximum atomic E-state index is 2.44. The lowest BCUT2D eigenvalue weighted by Crippen LogP contribution is -1.92. The Hall–Kier alpha value is -4.43. The molecule has 0 fully saturated rings. The number of hydrogen-bond donors (Lipinski definition) is 0. The van der Waals surface area contributed by atoms with Crippen LogP contribution in [-0.2, 0) is 0 Å². The number of aromatic nitrogens is 2. The average Bonchev–Trinajstić information content (AvgIpc) is 3.83. The van der Waals surface area contributed by atoms with Crippen LogP contribution in [0, 0.1) is 3.57 Å². The van der Waals surface area contributed by atoms with E-state index in [0.717, 1.165) is 0 Å². The van der Waals surface area contributed by atoms with E-state index in [4.69, 9.17) is 0 Å². The number of para-hydroxylation sites is 4. The molecule has 0 bridgehead atoms. The molecule has 10 rings (SSSR count). The molecule has 0 amide bonds. The summed E-state index contributed by atoms with van der Waals surface area (Å²) in [5.41, 5.74) is 7.65. The van der Waals surface area contributed by atoms with Crippen molar-refractivity contribution in [3.05, 3.63) is 155 Å². The standard InChI is InChI=1S/C20H12INS.C20H13NS/c21-16-11-6-10-15-18-20(23-19(15)16)14-9-4-5-12-17(14)22(18)13-7-2-1-3-8-13;1-2-8-14(9-3-1)21-17-12-6-4-10-15(17)20-19(21)16-11-5-7-13-18(16)22-20/h1-12H;1-13H. The molecule has 45 heavy (non-hydrogen) atoms. The smallest absolute Gasteiger partial charge is 0.0728 e. The molecule has 0 saturated carbocycles. The molecule has 0 atom stereocenters. The Balaban J connectivity index is 0.000000125. The van der Waals surface area contributed by atoms with E-state index in [1.807, 2.05) is 22.7 Å². The predicted molar refractivity (Wildman–Crippen MR) is 205 cm³/mol. The highest BCUT2D eigenvalue weighted by Gasteiger charge is 2.19. The first-order valence-electron chi connectivity index (χ1n) is 14.9. The van der Waals surface area contributed by atoms with Gasteiger partial charge in [0.15, 0.2) is 0 Å².